The van der Waals surface area contributed by atoms with Crippen LogP contribution in [0.4, 0.5) is 10.1 Å². The Bertz CT molecular complexity index is 2040. The minimum Gasteiger partial charge on any atom is -0.507 e. The van der Waals surface area contributed by atoms with E-state index in [0.717, 1.165) is 21.1 Å². The quantitative estimate of drug-likeness (QED) is 0.264. The van der Waals surface area contributed by atoms with Crippen molar-refractivity contribution in [3.05, 3.63) is 121 Å². The number of halogens is 2. The van der Waals surface area contributed by atoms with Crippen LogP contribution in [0.1, 0.15) is 42.0 Å². The molecule has 2 aliphatic heterocycles. The number of phenolic OH excluding ortho intramolecular Hbond substituents is 1. The normalized spacial score (nSPS) is 24.2. The predicted octanol–water partition coefficient (Wildman–Crippen LogP) is 4.78. The van der Waals surface area contributed by atoms with Crippen LogP contribution in [-0.4, -0.2) is 30.9 Å². The average molecular weight is 615 g/mol. The van der Waals surface area contributed by atoms with Crippen molar-refractivity contribution in [3.8, 4) is 11.4 Å². The second kappa shape index (κ2) is 9.65. The van der Waals surface area contributed by atoms with Gasteiger partial charge in [-0.05, 0) is 79.8 Å². The molecule has 1 N–H and O–H groups in total. The van der Waals surface area contributed by atoms with Crippen molar-refractivity contribution in [2.75, 3.05) is 4.90 Å². The molecule has 0 radical (unpaired) electrons. The van der Waals surface area contributed by atoms with Crippen LogP contribution >= 0.6 is 11.6 Å². The first kappa shape index (κ1) is 28.1. The molecule has 11 heteroatoms. The lowest BCUT2D eigenvalue weighted by Gasteiger charge is -2.47. The summed E-state index contributed by atoms with van der Waals surface area (Å²) < 4.78 is 18.0. The number of fused-ring (bicyclic) bond motifs is 4. The first-order valence-corrected chi connectivity index (χ1v) is 14.7. The smallest absolute Gasteiger partial charge is 0.352 e. The zero-order chi connectivity index (χ0) is 31.2. The maximum Gasteiger partial charge on any atom is 0.352 e. The SMILES string of the molecule is Cc1cc(C2C3=CCn4c(=O)n(-c5ccccc5)c(=O)n4C3CC3C(=O)N(c4ccc(F)c(Cl)c4)C(=O)C32C)cc(C)c1O. The lowest BCUT2D eigenvalue weighted by Crippen LogP contribution is -2.49. The summed E-state index contributed by atoms with van der Waals surface area (Å²) in [7, 11) is 0. The number of anilines is 1. The number of para-hydroxylation sites is 1. The summed E-state index contributed by atoms with van der Waals surface area (Å²) in [5.74, 6) is -3.10. The molecule has 7 rings (SSSR count). The fraction of sp³-hybridized carbons (Fsp3) is 0.273. The summed E-state index contributed by atoms with van der Waals surface area (Å²) in [6.07, 6.45) is 1.96. The van der Waals surface area contributed by atoms with Crippen molar-refractivity contribution in [3.63, 3.8) is 0 Å². The lowest BCUT2D eigenvalue weighted by molar-refractivity contribution is -0.129. The van der Waals surface area contributed by atoms with E-state index in [1.165, 1.54) is 21.5 Å². The molecule has 9 nitrogen and oxygen atoms in total. The van der Waals surface area contributed by atoms with Crippen molar-refractivity contribution in [2.45, 2.75) is 45.7 Å². The zero-order valence-corrected chi connectivity index (χ0v) is 24.9. The predicted molar refractivity (Wildman–Crippen MR) is 162 cm³/mol. The largest absolute Gasteiger partial charge is 0.507 e. The summed E-state index contributed by atoms with van der Waals surface area (Å²) in [6.45, 7) is 5.36. The van der Waals surface area contributed by atoms with Crippen molar-refractivity contribution in [2.24, 2.45) is 11.3 Å². The number of amides is 2. The van der Waals surface area contributed by atoms with Gasteiger partial charge in [-0.1, -0.05) is 48.0 Å². The summed E-state index contributed by atoms with van der Waals surface area (Å²) in [5, 5.41) is 10.4. The van der Waals surface area contributed by atoms with Gasteiger partial charge in [0.1, 0.15) is 11.6 Å². The third-order valence-corrected chi connectivity index (χ3v) is 9.85. The summed E-state index contributed by atoms with van der Waals surface area (Å²) in [4.78, 5) is 57.3. The highest BCUT2D eigenvalue weighted by Gasteiger charge is 2.65. The van der Waals surface area contributed by atoms with E-state index in [4.69, 9.17) is 11.6 Å². The first-order chi connectivity index (χ1) is 20.9. The van der Waals surface area contributed by atoms with Gasteiger partial charge in [0.25, 0.3) is 0 Å². The number of phenols is 1. The molecule has 3 aliphatic rings. The summed E-state index contributed by atoms with van der Waals surface area (Å²) in [6, 6.07) is 15.2. The van der Waals surface area contributed by atoms with E-state index in [0.29, 0.717) is 22.4 Å². The second-order valence-electron chi connectivity index (χ2n) is 12.0. The number of aromatic hydroxyl groups is 1. The van der Waals surface area contributed by atoms with Gasteiger partial charge >= 0.3 is 11.4 Å². The molecule has 0 bridgehead atoms. The molecule has 1 saturated heterocycles. The van der Waals surface area contributed by atoms with E-state index < -0.39 is 52.3 Å². The molecule has 1 saturated carbocycles. The van der Waals surface area contributed by atoms with Crippen molar-refractivity contribution < 1.29 is 19.1 Å². The Labute approximate surface area is 256 Å². The Morgan fingerprint density at radius 1 is 0.932 bits per heavy atom. The molecule has 3 aromatic carbocycles. The van der Waals surface area contributed by atoms with Crippen LogP contribution < -0.4 is 16.3 Å². The molecule has 1 aliphatic carbocycles. The molecule has 0 spiro atoms. The molecule has 4 aromatic rings. The second-order valence-corrected chi connectivity index (χ2v) is 12.4. The van der Waals surface area contributed by atoms with Crippen LogP contribution in [0.15, 0.2) is 81.9 Å². The summed E-state index contributed by atoms with van der Waals surface area (Å²) >= 11 is 6.06. The Hall–Kier alpha value is -4.70. The van der Waals surface area contributed by atoms with Crippen LogP contribution in [0.25, 0.3) is 5.69 Å². The number of aromatic nitrogens is 3. The maximum absolute atomic E-state index is 14.5. The highest BCUT2D eigenvalue weighted by Crippen LogP contribution is 2.61. The minimum absolute atomic E-state index is 0.0863. The Morgan fingerprint density at radius 2 is 1.61 bits per heavy atom. The molecule has 44 heavy (non-hydrogen) atoms. The van der Waals surface area contributed by atoms with Crippen molar-refractivity contribution in [1.82, 2.24) is 13.9 Å². The topological polar surface area (TPSA) is 107 Å². The standard InChI is InChI=1S/C33H28ClFN4O5/c1-17-13-19(14-18(2)28(17)40)27-22-11-12-36-31(43)38(20-7-5-4-6-8-20)32(44)39(36)26(22)16-23-29(41)37(30(42)33(23,27)3)21-9-10-25(35)24(34)15-21/h4-11,13-15,23,26-27,40H,12,16H2,1-3H3. The molecule has 2 amide bonds. The Morgan fingerprint density at radius 3 is 2.27 bits per heavy atom. The number of carbonyl (C=O) groups is 2. The number of benzene rings is 3. The number of aryl methyl sites for hydroxylation is 2. The van der Waals surface area contributed by atoms with Crippen LogP contribution in [0.5, 0.6) is 5.75 Å². The van der Waals surface area contributed by atoms with Crippen molar-refractivity contribution >= 4 is 29.1 Å². The lowest BCUT2D eigenvalue weighted by atomic mass is 9.56. The van der Waals surface area contributed by atoms with E-state index in [1.807, 2.05) is 6.08 Å². The molecule has 1 aromatic heterocycles. The fourth-order valence-electron chi connectivity index (χ4n) is 7.48. The molecular formula is C33H28ClFN4O5. The monoisotopic (exact) mass is 614 g/mol. The molecule has 4 unspecified atom stereocenters. The van der Waals surface area contributed by atoms with Gasteiger partial charge in [-0.25, -0.2) is 32.8 Å². The van der Waals surface area contributed by atoms with Gasteiger partial charge in [0.15, 0.2) is 0 Å². The number of imide groups is 1. The number of hydrogen-bond donors (Lipinski definition) is 1. The van der Waals surface area contributed by atoms with Gasteiger partial charge in [-0.2, -0.15) is 0 Å². The van der Waals surface area contributed by atoms with Crippen LogP contribution in [-0.2, 0) is 16.1 Å². The van der Waals surface area contributed by atoms with Gasteiger partial charge in [0, 0.05) is 5.92 Å². The van der Waals surface area contributed by atoms with Gasteiger partial charge in [-0.3, -0.25) is 9.59 Å². The molecular weight excluding hydrogens is 587 g/mol. The maximum atomic E-state index is 14.5. The fourth-order valence-corrected chi connectivity index (χ4v) is 7.66. The molecule has 4 atom stereocenters. The van der Waals surface area contributed by atoms with E-state index in [2.05, 4.69) is 0 Å². The third-order valence-electron chi connectivity index (χ3n) is 9.56. The molecule has 3 heterocycles. The van der Waals surface area contributed by atoms with Crippen LogP contribution in [0.2, 0.25) is 5.02 Å². The van der Waals surface area contributed by atoms with Crippen molar-refractivity contribution in [1.29, 1.82) is 0 Å². The van der Waals surface area contributed by atoms with E-state index in [1.54, 1.807) is 63.2 Å². The third kappa shape index (κ3) is 3.70. The number of hydrogen-bond acceptors (Lipinski definition) is 5. The molecule has 224 valence electrons. The number of carbonyl (C=O) groups excluding carboxylic acids is 2. The minimum atomic E-state index is -1.30. The van der Waals surface area contributed by atoms with E-state index in [-0.39, 0.29) is 29.4 Å². The van der Waals surface area contributed by atoms with E-state index >= 15 is 0 Å². The zero-order valence-electron chi connectivity index (χ0n) is 24.1. The highest BCUT2D eigenvalue weighted by molar-refractivity contribution is 6.31. The van der Waals surface area contributed by atoms with Crippen LogP contribution in [0.3, 0.4) is 0 Å². The number of nitrogens with zero attached hydrogens (tertiary/aromatic N) is 4. The van der Waals surface area contributed by atoms with Gasteiger partial charge in [0.05, 0.1) is 40.3 Å². The first-order valence-electron chi connectivity index (χ1n) is 14.3. The highest BCUT2D eigenvalue weighted by atomic mass is 35.5. The number of rotatable bonds is 3. The Kier molecular flexibility index (Phi) is 6.16. The average Bonchev–Trinajstić information content (AvgIpc) is 3.37. The van der Waals surface area contributed by atoms with Crippen LogP contribution in [0, 0.1) is 31.0 Å². The summed E-state index contributed by atoms with van der Waals surface area (Å²) in [5.41, 5.74) is 0.860. The van der Waals surface area contributed by atoms with Gasteiger partial charge < -0.3 is 5.11 Å². The Balaban J connectivity index is 1.45. The van der Waals surface area contributed by atoms with Gasteiger partial charge in [0.2, 0.25) is 11.8 Å². The number of allylic oxidation sites excluding steroid dienone is 2. The van der Waals surface area contributed by atoms with E-state index in [9.17, 15) is 28.7 Å². The van der Waals surface area contributed by atoms with Gasteiger partial charge in [-0.15, -0.1) is 0 Å². The molecule has 2 fully saturated rings.